The van der Waals surface area contributed by atoms with Gasteiger partial charge < -0.3 is 9.84 Å². The fraction of sp³-hybridized carbons (Fsp3) is 0.222. The number of aromatic hydroxyl groups is 1. The van der Waals surface area contributed by atoms with Crippen LogP contribution in [0.1, 0.15) is 38.2 Å². The first kappa shape index (κ1) is 27.1. The van der Waals surface area contributed by atoms with Crippen LogP contribution in [0, 0.1) is 11.8 Å². The van der Waals surface area contributed by atoms with E-state index in [1.807, 2.05) is 0 Å². The maximum absolute atomic E-state index is 15.0. The minimum atomic E-state index is -4.72. The van der Waals surface area contributed by atoms with E-state index < -0.39 is 48.9 Å². The zero-order valence-electron chi connectivity index (χ0n) is 20.8. The molecule has 0 aliphatic heterocycles. The van der Waals surface area contributed by atoms with Gasteiger partial charge in [0.05, 0.1) is 17.0 Å². The molecule has 4 rings (SSSR count). The first-order valence-corrected chi connectivity index (χ1v) is 13.2. The highest BCUT2D eigenvalue weighted by atomic mass is 32.2. The molecular formula is C27H25F2N3O5S. The molecule has 2 aromatic heterocycles. The number of rotatable bonds is 8. The van der Waals surface area contributed by atoms with Crippen molar-refractivity contribution in [1.29, 1.82) is 0 Å². The molecule has 38 heavy (non-hydrogen) atoms. The van der Waals surface area contributed by atoms with E-state index in [1.54, 1.807) is 51.1 Å². The van der Waals surface area contributed by atoms with Crippen molar-refractivity contribution in [2.75, 3.05) is 0 Å². The van der Waals surface area contributed by atoms with Crippen LogP contribution in [0.3, 0.4) is 0 Å². The molecule has 4 aromatic rings. The molecule has 2 heterocycles. The summed E-state index contributed by atoms with van der Waals surface area (Å²) in [4.78, 5) is 18.9. The third-order valence-electron chi connectivity index (χ3n) is 5.91. The number of hydrogen-bond acceptors (Lipinski definition) is 7. The lowest BCUT2D eigenvalue weighted by molar-refractivity contribution is 0.0573. The summed E-state index contributed by atoms with van der Waals surface area (Å²) >= 11 is 0. The zero-order chi connectivity index (χ0) is 27.6. The number of hydrogen-bond donors (Lipinski definition) is 1. The van der Waals surface area contributed by atoms with E-state index >= 15 is 0 Å². The Labute approximate surface area is 218 Å². The standard InChI is InChI=1S/C27H25F2N3O5S/c1-16(2)37-15-24-31-26(33)25(27(34)32(24)17(3)18-7-5-4-6-8-18)38(35,36)20-10-11-21(22(28)13-20)19-9-12-23(29)30-14-19/h4-14,16-17,34H,15H2,1-3H3/t17-/m0/s1. The third kappa shape index (κ3) is 5.34. The molecule has 11 heteroatoms. The van der Waals surface area contributed by atoms with Crippen molar-refractivity contribution in [1.82, 2.24) is 14.5 Å². The fourth-order valence-electron chi connectivity index (χ4n) is 3.96. The van der Waals surface area contributed by atoms with Crippen molar-refractivity contribution in [3.8, 4) is 17.0 Å². The lowest BCUT2D eigenvalue weighted by Gasteiger charge is -2.23. The first-order chi connectivity index (χ1) is 18.0. The second-order valence-corrected chi connectivity index (χ2v) is 10.7. The minimum absolute atomic E-state index is 0.0184. The lowest BCUT2D eigenvalue weighted by Crippen LogP contribution is -2.27. The van der Waals surface area contributed by atoms with E-state index in [9.17, 15) is 27.1 Å². The van der Waals surface area contributed by atoms with Gasteiger partial charge >= 0.3 is 0 Å². The van der Waals surface area contributed by atoms with E-state index in [0.717, 1.165) is 24.4 Å². The Bertz CT molecular complexity index is 1620. The monoisotopic (exact) mass is 541 g/mol. The van der Waals surface area contributed by atoms with E-state index in [2.05, 4.69) is 9.97 Å². The summed E-state index contributed by atoms with van der Waals surface area (Å²) < 4.78 is 62.0. The van der Waals surface area contributed by atoms with Gasteiger partial charge in [0, 0.05) is 17.3 Å². The van der Waals surface area contributed by atoms with Crippen LogP contribution in [0.25, 0.3) is 11.1 Å². The molecule has 0 amide bonds. The Morgan fingerprint density at radius 1 is 1.03 bits per heavy atom. The van der Waals surface area contributed by atoms with E-state index in [-0.39, 0.29) is 29.7 Å². The topological polar surface area (TPSA) is 111 Å². The average molecular weight is 542 g/mol. The van der Waals surface area contributed by atoms with Crippen LogP contribution in [0.4, 0.5) is 8.78 Å². The highest BCUT2D eigenvalue weighted by Crippen LogP contribution is 2.33. The fourth-order valence-corrected chi connectivity index (χ4v) is 5.32. The summed E-state index contributed by atoms with van der Waals surface area (Å²) in [6.45, 7) is 5.11. The van der Waals surface area contributed by atoms with Crippen molar-refractivity contribution in [2.24, 2.45) is 0 Å². The summed E-state index contributed by atoms with van der Waals surface area (Å²) in [7, 11) is -4.72. The van der Waals surface area contributed by atoms with Crippen LogP contribution >= 0.6 is 0 Å². The lowest BCUT2D eigenvalue weighted by atomic mass is 10.1. The molecule has 0 bridgehead atoms. The van der Waals surface area contributed by atoms with Gasteiger partial charge in [-0.05, 0) is 50.6 Å². The predicted octanol–water partition coefficient (Wildman–Crippen LogP) is 4.66. The van der Waals surface area contributed by atoms with Crippen molar-refractivity contribution in [3.05, 3.63) is 100 Å². The predicted molar refractivity (Wildman–Crippen MR) is 135 cm³/mol. The average Bonchev–Trinajstić information content (AvgIpc) is 2.88. The van der Waals surface area contributed by atoms with E-state index in [0.29, 0.717) is 5.56 Å². The molecule has 0 unspecified atom stereocenters. The normalized spacial score (nSPS) is 12.6. The van der Waals surface area contributed by atoms with Crippen LogP contribution in [0.5, 0.6) is 5.88 Å². The summed E-state index contributed by atoms with van der Waals surface area (Å²) in [5, 5.41) is 11.2. The largest absolute Gasteiger partial charge is 0.493 e. The van der Waals surface area contributed by atoms with E-state index in [1.165, 1.54) is 16.7 Å². The smallest absolute Gasteiger partial charge is 0.296 e. The van der Waals surface area contributed by atoms with Crippen LogP contribution in [-0.4, -0.2) is 34.2 Å². The van der Waals surface area contributed by atoms with Gasteiger partial charge in [0.15, 0.2) is 4.90 Å². The zero-order valence-corrected chi connectivity index (χ0v) is 21.6. The number of benzene rings is 2. The number of nitrogens with zero attached hydrogens (tertiary/aromatic N) is 3. The Morgan fingerprint density at radius 2 is 1.74 bits per heavy atom. The Morgan fingerprint density at radius 3 is 2.34 bits per heavy atom. The summed E-state index contributed by atoms with van der Waals surface area (Å²) in [6, 6.07) is 13.6. The van der Waals surface area contributed by atoms with Gasteiger partial charge in [0.25, 0.3) is 5.56 Å². The molecule has 2 aromatic carbocycles. The van der Waals surface area contributed by atoms with Crippen molar-refractivity contribution < 1.29 is 27.0 Å². The molecule has 0 aliphatic rings. The molecule has 1 atom stereocenters. The molecule has 0 fully saturated rings. The van der Waals surface area contributed by atoms with Gasteiger partial charge in [-0.1, -0.05) is 36.4 Å². The van der Waals surface area contributed by atoms with Crippen LogP contribution < -0.4 is 5.56 Å². The number of aromatic nitrogens is 3. The molecular weight excluding hydrogens is 516 g/mol. The van der Waals surface area contributed by atoms with Crippen molar-refractivity contribution in [2.45, 2.75) is 49.3 Å². The van der Waals surface area contributed by atoms with Gasteiger partial charge in [0.2, 0.25) is 21.7 Å². The Kier molecular flexibility index (Phi) is 7.70. The maximum atomic E-state index is 15.0. The SMILES string of the molecule is CC(C)OCc1nc(=O)c(S(=O)(=O)c2ccc(-c3ccc(F)nc3)c(F)c2)c(O)n1[C@@H](C)c1ccccc1. The Balaban J connectivity index is 1.86. The highest BCUT2D eigenvalue weighted by Gasteiger charge is 2.32. The second-order valence-electron chi connectivity index (χ2n) is 8.82. The van der Waals surface area contributed by atoms with Gasteiger partial charge in [-0.3, -0.25) is 9.36 Å². The van der Waals surface area contributed by atoms with Gasteiger partial charge in [-0.2, -0.15) is 9.37 Å². The van der Waals surface area contributed by atoms with Gasteiger partial charge in [-0.15, -0.1) is 0 Å². The third-order valence-corrected chi connectivity index (χ3v) is 7.68. The number of halogens is 2. The van der Waals surface area contributed by atoms with Crippen LogP contribution in [0.2, 0.25) is 0 Å². The minimum Gasteiger partial charge on any atom is -0.493 e. The summed E-state index contributed by atoms with van der Waals surface area (Å²) in [5.41, 5.74) is -0.278. The molecule has 0 spiro atoms. The summed E-state index contributed by atoms with van der Waals surface area (Å²) in [6.07, 6.45) is 0.884. The number of sulfone groups is 1. The number of pyridine rings is 1. The van der Waals surface area contributed by atoms with Crippen molar-refractivity contribution >= 4 is 9.84 Å². The quantitative estimate of drug-likeness (QED) is 0.323. The second kappa shape index (κ2) is 10.8. The maximum Gasteiger partial charge on any atom is 0.296 e. The molecule has 198 valence electrons. The molecule has 0 aliphatic carbocycles. The first-order valence-electron chi connectivity index (χ1n) is 11.7. The van der Waals surface area contributed by atoms with Gasteiger partial charge in [-0.25, -0.2) is 17.8 Å². The summed E-state index contributed by atoms with van der Waals surface area (Å²) in [5.74, 6) is -2.50. The van der Waals surface area contributed by atoms with E-state index in [4.69, 9.17) is 4.74 Å². The Hall–Kier alpha value is -3.96. The van der Waals surface area contributed by atoms with Crippen molar-refractivity contribution in [3.63, 3.8) is 0 Å². The molecule has 1 N–H and O–H groups in total. The van der Waals surface area contributed by atoms with Crippen LogP contribution in [-0.2, 0) is 21.2 Å². The number of ether oxygens (including phenoxy) is 1. The molecule has 0 radical (unpaired) electrons. The molecule has 8 nitrogen and oxygen atoms in total. The highest BCUT2D eigenvalue weighted by molar-refractivity contribution is 7.91. The molecule has 0 saturated heterocycles. The van der Waals surface area contributed by atoms with Gasteiger partial charge in [0.1, 0.15) is 18.2 Å². The molecule has 0 saturated carbocycles. The van der Waals surface area contributed by atoms with Crippen LogP contribution in [0.15, 0.2) is 81.4 Å².